The number of carbonyl (C=O) groups is 1. The van der Waals surface area contributed by atoms with Crippen LogP contribution in [0.5, 0.6) is 5.75 Å². The Labute approximate surface area is 128 Å². The van der Waals surface area contributed by atoms with Crippen molar-refractivity contribution >= 4 is 22.0 Å². The number of amides is 1. The molecule has 0 aliphatic heterocycles. The zero-order chi connectivity index (χ0) is 15.5. The maximum atomic E-state index is 11.3. The molecule has 1 aromatic carbocycles. The third kappa shape index (κ3) is 3.88. The number of hydrogen-bond acceptors (Lipinski definition) is 2. The van der Waals surface area contributed by atoms with Crippen LogP contribution in [0.1, 0.15) is 31.9 Å². The Balaban J connectivity index is 2.97. The van der Waals surface area contributed by atoms with E-state index in [-0.39, 0.29) is 0 Å². The third-order valence-corrected chi connectivity index (χ3v) is 4.08. The fourth-order valence-electron chi connectivity index (χ4n) is 2.17. The molecule has 0 bridgehead atoms. The van der Waals surface area contributed by atoms with Crippen molar-refractivity contribution in [3.8, 4) is 5.75 Å². The van der Waals surface area contributed by atoms with Gasteiger partial charge in [0.2, 0.25) is 0 Å². The Bertz CT molecular complexity index is 495. The lowest BCUT2D eigenvalue weighted by molar-refractivity contribution is 0.101. The molecule has 0 saturated heterocycles. The normalized spacial score (nSPS) is 11.3. The smallest absolute Gasteiger partial charge is 0.407 e. The second kappa shape index (κ2) is 6.48. The molecule has 4 nitrogen and oxygen atoms in total. The molecule has 0 atom stereocenters. The summed E-state index contributed by atoms with van der Waals surface area (Å²) in [6.45, 7) is 8.13. The molecule has 0 saturated carbocycles. The van der Waals surface area contributed by atoms with E-state index >= 15 is 0 Å². The van der Waals surface area contributed by atoms with E-state index in [0.29, 0.717) is 13.0 Å². The van der Waals surface area contributed by atoms with Crippen molar-refractivity contribution in [3.63, 3.8) is 0 Å². The van der Waals surface area contributed by atoms with E-state index in [0.717, 1.165) is 21.3 Å². The summed E-state index contributed by atoms with van der Waals surface area (Å²) in [6, 6.07) is 3.84. The van der Waals surface area contributed by atoms with Crippen molar-refractivity contribution in [2.45, 2.75) is 39.7 Å². The van der Waals surface area contributed by atoms with Gasteiger partial charge in [-0.2, -0.15) is 0 Å². The molecule has 1 aromatic rings. The summed E-state index contributed by atoms with van der Waals surface area (Å²) in [5, 5.41) is 9.32. The van der Waals surface area contributed by atoms with E-state index in [1.54, 1.807) is 7.11 Å². The van der Waals surface area contributed by atoms with Crippen molar-refractivity contribution in [3.05, 3.63) is 27.7 Å². The predicted octanol–water partition coefficient (Wildman–Crippen LogP) is 4.09. The number of nitrogens with zero attached hydrogens (tertiary/aromatic N) is 1. The molecule has 1 N–H and O–H groups in total. The van der Waals surface area contributed by atoms with Gasteiger partial charge in [0.05, 0.1) is 7.11 Å². The van der Waals surface area contributed by atoms with E-state index in [9.17, 15) is 9.90 Å². The fourth-order valence-corrected chi connectivity index (χ4v) is 2.80. The van der Waals surface area contributed by atoms with Gasteiger partial charge in [-0.1, -0.05) is 15.9 Å². The summed E-state index contributed by atoms with van der Waals surface area (Å²) >= 11 is 3.53. The van der Waals surface area contributed by atoms with E-state index < -0.39 is 11.6 Å². The first-order chi connectivity index (χ1) is 9.18. The zero-order valence-electron chi connectivity index (χ0n) is 12.7. The predicted molar refractivity (Wildman–Crippen MR) is 83.6 cm³/mol. The van der Waals surface area contributed by atoms with Gasteiger partial charge in [-0.15, -0.1) is 0 Å². The molecule has 112 valence electrons. The molecular weight excluding hydrogens is 322 g/mol. The summed E-state index contributed by atoms with van der Waals surface area (Å²) in [7, 11) is 1.64. The van der Waals surface area contributed by atoms with Crippen LogP contribution in [0.15, 0.2) is 16.6 Å². The maximum Gasteiger partial charge on any atom is 0.407 e. The second-order valence-electron chi connectivity index (χ2n) is 5.71. The molecule has 0 aliphatic rings. The monoisotopic (exact) mass is 343 g/mol. The van der Waals surface area contributed by atoms with Gasteiger partial charge in [-0.3, -0.25) is 0 Å². The first kappa shape index (κ1) is 16.8. The lowest BCUT2D eigenvalue weighted by Crippen LogP contribution is -2.46. The van der Waals surface area contributed by atoms with Crippen LogP contribution < -0.4 is 4.74 Å². The molecule has 0 fully saturated rings. The third-order valence-electron chi connectivity index (χ3n) is 3.34. The van der Waals surface area contributed by atoms with Crippen LogP contribution >= 0.6 is 15.9 Å². The second-order valence-corrected chi connectivity index (χ2v) is 6.56. The van der Waals surface area contributed by atoms with Gasteiger partial charge in [0.15, 0.2) is 0 Å². The standard InChI is InChI=1S/C15H22BrNO3/c1-10-11(12(16)6-7-13(10)20-5)8-9-17(14(18)19)15(2,3)4/h6-7H,8-9H2,1-5H3,(H,18,19). The van der Waals surface area contributed by atoms with Crippen molar-refractivity contribution < 1.29 is 14.6 Å². The number of ether oxygens (including phenoxy) is 1. The van der Waals surface area contributed by atoms with Crippen LogP contribution in [-0.2, 0) is 6.42 Å². The molecule has 1 amide bonds. The number of rotatable bonds is 4. The van der Waals surface area contributed by atoms with Gasteiger partial charge in [0.1, 0.15) is 5.75 Å². The first-order valence-corrected chi connectivity index (χ1v) is 7.30. The van der Waals surface area contributed by atoms with Crippen LogP contribution in [-0.4, -0.2) is 35.3 Å². The van der Waals surface area contributed by atoms with E-state index in [2.05, 4.69) is 15.9 Å². The summed E-state index contributed by atoms with van der Waals surface area (Å²) in [5.74, 6) is 0.820. The zero-order valence-corrected chi connectivity index (χ0v) is 14.2. The number of benzene rings is 1. The molecular formula is C15H22BrNO3. The first-order valence-electron chi connectivity index (χ1n) is 6.51. The molecule has 0 unspecified atom stereocenters. The molecule has 0 aliphatic carbocycles. The molecule has 0 aromatic heterocycles. The maximum absolute atomic E-state index is 11.3. The molecule has 5 heteroatoms. The average molecular weight is 344 g/mol. The van der Waals surface area contributed by atoms with Gasteiger partial charge in [-0.05, 0) is 57.4 Å². The Morgan fingerprint density at radius 2 is 2.00 bits per heavy atom. The summed E-state index contributed by atoms with van der Waals surface area (Å²) < 4.78 is 6.29. The van der Waals surface area contributed by atoms with E-state index in [1.807, 2.05) is 39.8 Å². The lowest BCUT2D eigenvalue weighted by atomic mass is 10.0. The van der Waals surface area contributed by atoms with Gasteiger partial charge in [0.25, 0.3) is 0 Å². The van der Waals surface area contributed by atoms with Crippen molar-refractivity contribution in [1.82, 2.24) is 4.90 Å². The fraction of sp³-hybridized carbons (Fsp3) is 0.533. The number of methoxy groups -OCH3 is 1. The van der Waals surface area contributed by atoms with Crippen molar-refractivity contribution in [2.24, 2.45) is 0 Å². The highest BCUT2D eigenvalue weighted by Gasteiger charge is 2.26. The summed E-state index contributed by atoms with van der Waals surface area (Å²) in [4.78, 5) is 12.8. The average Bonchev–Trinajstić information content (AvgIpc) is 2.31. The minimum atomic E-state index is -0.894. The van der Waals surface area contributed by atoms with Gasteiger partial charge < -0.3 is 14.7 Å². The van der Waals surface area contributed by atoms with Gasteiger partial charge in [0, 0.05) is 16.6 Å². The Morgan fingerprint density at radius 3 is 2.45 bits per heavy atom. The van der Waals surface area contributed by atoms with Crippen LogP contribution in [0, 0.1) is 6.92 Å². The number of halogens is 1. The molecule has 1 rings (SSSR count). The van der Waals surface area contributed by atoms with Crippen LogP contribution in [0.3, 0.4) is 0 Å². The SMILES string of the molecule is COc1ccc(Br)c(CCN(C(=O)O)C(C)(C)C)c1C. The summed E-state index contributed by atoms with van der Waals surface area (Å²) in [6.07, 6.45) is -0.248. The highest BCUT2D eigenvalue weighted by Crippen LogP contribution is 2.29. The quantitative estimate of drug-likeness (QED) is 0.895. The van der Waals surface area contributed by atoms with Crippen molar-refractivity contribution in [1.29, 1.82) is 0 Å². The van der Waals surface area contributed by atoms with E-state index in [1.165, 1.54) is 4.90 Å². The minimum Gasteiger partial charge on any atom is -0.496 e. The molecule has 20 heavy (non-hydrogen) atoms. The molecule has 0 spiro atoms. The lowest BCUT2D eigenvalue weighted by Gasteiger charge is -2.33. The highest BCUT2D eigenvalue weighted by atomic mass is 79.9. The highest BCUT2D eigenvalue weighted by molar-refractivity contribution is 9.10. The number of carboxylic acid groups (broad SMARTS) is 1. The largest absolute Gasteiger partial charge is 0.496 e. The topological polar surface area (TPSA) is 49.8 Å². The number of hydrogen-bond donors (Lipinski definition) is 1. The Morgan fingerprint density at radius 1 is 1.40 bits per heavy atom. The van der Waals surface area contributed by atoms with Crippen LogP contribution in [0.25, 0.3) is 0 Å². The van der Waals surface area contributed by atoms with Crippen LogP contribution in [0.4, 0.5) is 4.79 Å². The van der Waals surface area contributed by atoms with Crippen LogP contribution in [0.2, 0.25) is 0 Å². The molecule has 0 heterocycles. The Kier molecular flexibility index (Phi) is 5.45. The minimum absolute atomic E-state index is 0.412. The van der Waals surface area contributed by atoms with Crippen molar-refractivity contribution in [2.75, 3.05) is 13.7 Å². The van der Waals surface area contributed by atoms with Gasteiger partial charge in [-0.25, -0.2) is 4.79 Å². The summed E-state index contributed by atoms with van der Waals surface area (Å²) in [5.41, 5.74) is 1.71. The Hall–Kier alpha value is -1.23. The van der Waals surface area contributed by atoms with E-state index in [4.69, 9.17) is 4.74 Å². The van der Waals surface area contributed by atoms with Gasteiger partial charge >= 0.3 is 6.09 Å². The molecule has 0 radical (unpaired) electrons.